The van der Waals surface area contributed by atoms with Gasteiger partial charge in [0.25, 0.3) is 0 Å². The monoisotopic (exact) mass is 261 g/mol. The lowest BCUT2D eigenvalue weighted by atomic mass is 9.96. The molecular weight excluding hydrogens is 238 g/mol. The SMILES string of the molecule is COc1ccc(CC2CCCN2)cc1OC1CCC1. The zero-order valence-corrected chi connectivity index (χ0v) is 11.7. The van der Waals surface area contributed by atoms with Gasteiger partial charge in [0.1, 0.15) is 0 Å². The molecule has 0 radical (unpaired) electrons. The Morgan fingerprint density at radius 2 is 2.05 bits per heavy atom. The smallest absolute Gasteiger partial charge is 0.161 e. The lowest BCUT2D eigenvalue weighted by molar-refractivity contribution is 0.116. The first kappa shape index (κ1) is 12.8. The fraction of sp³-hybridized carbons (Fsp3) is 0.625. The molecule has 2 aliphatic rings. The minimum absolute atomic E-state index is 0.397. The molecule has 0 bridgehead atoms. The molecule has 0 aromatic heterocycles. The van der Waals surface area contributed by atoms with E-state index in [0.29, 0.717) is 12.1 Å². The van der Waals surface area contributed by atoms with E-state index in [9.17, 15) is 0 Å². The molecule has 1 atom stereocenters. The standard InChI is InChI=1S/C16H23NO2/c1-18-15-8-7-12(10-13-4-3-9-17-13)11-16(15)19-14-5-2-6-14/h7-8,11,13-14,17H,2-6,9-10H2,1H3. The van der Waals surface area contributed by atoms with Crippen molar-refractivity contribution in [2.24, 2.45) is 0 Å². The number of rotatable bonds is 5. The molecule has 104 valence electrons. The predicted octanol–water partition coefficient (Wildman–Crippen LogP) is 2.92. The quantitative estimate of drug-likeness (QED) is 0.884. The molecule has 0 spiro atoms. The number of methoxy groups -OCH3 is 1. The highest BCUT2D eigenvalue weighted by atomic mass is 16.5. The van der Waals surface area contributed by atoms with Gasteiger partial charge in [0.15, 0.2) is 11.5 Å². The van der Waals surface area contributed by atoms with Crippen LogP contribution in [0.4, 0.5) is 0 Å². The van der Waals surface area contributed by atoms with Crippen molar-refractivity contribution in [1.29, 1.82) is 0 Å². The molecular formula is C16H23NO2. The van der Waals surface area contributed by atoms with Crippen LogP contribution in [0.15, 0.2) is 18.2 Å². The maximum atomic E-state index is 6.03. The first-order valence-electron chi connectivity index (χ1n) is 7.42. The van der Waals surface area contributed by atoms with Crippen molar-refractivity contribution >= 4 is 0 Å². The average molecular weight is 261 g/mol. The van der Waals surface area contributed by atoms with Crippen molar-refractivity contribution in [3.63, 3.8) is 0 Å². The summed E-state index contributed by atoms with van der Waals surface area (Å²) < 4.78 is 11.4. The van der Waals surface area contributed by atoms with Gasteiger partial charge in [-0.1, -0.05) is 6.07 Å². The molecule has 1 saturated heterocycles. The Hall–Kier alpha value is -1.22. The Bertz CT molecular complexity index is 423. The molecule has 1 heterocycles. The Balaban J connectivity index is 1.71. The second kappa shape index (κ2) is 5.83. The van der Waals surface area contributed by atoms with Gasteiger partial charge in [0.05, 0.1) is 13.2 Å². The second-order valence-corrected chi connectivity index (χ2v) is 5.65. The van der Waals surface area contributed by atoms with E-state index < -0.39 is 0 Å². The first-order valence-corrected chi connectivity index (χ1v) is 7.42. The highest BCUT2D eigenvalue weighted by Crippen LogP contribution is 2.33. The summed E-state index contributed by atoms with van der Waals surface area (Å²) in [6.07, 6.45) is 7.71. The van der Waals surface area contributed by atoms with Crippen molar-refractivity contribution in [2.75, 3.05) is 13.7 Å². The molecule has 1 aromatic rings. The summed E-state index contributed by atoms with van der Waals surface area (Å²) in [6.45, 7) is 1.16. The van der Waals surface area contributed by atoms with Gasteiger partial charge in [-0.05, 0) is 62.8 Å². The average Bonchev–Trinajstić information content (AvgIpc) is 2.87. The highest BCUT2D eigenvalue weighted by molar-refractivity contribution is 5.43. The van der Waals surface area contributed by atoms with Gasteiger partial charge < -0.3 is 14.8 Å². The van der Waals surface area contributed by atoms with Crippen LogP contribution < -0.4 is 14.8 Å². The van der Waals surface area contributed by atoms with Crippen molar-refractivity contribution in [3.05, 3.63) is 23.8 Å². The van der Waals surface area contributed by atoms with Gasteiger partial charge in [-0.15, -0.1) is 0 Å². The number of nitrogens with one attached hydrogen (secondary N) is 1. The van der Waals surface area contributed by atoms with Crippen LogP contribution >= 0.6 is 0 Å². The maximum Gasteiger partial charge on any atom is 0.161 e. The normalized spacial score (nSPS) is 23.1. The predicted molar refractivity (Wildman–Crippen MR) is 76.0 cm³/mol. The van der Waals surface area contributed by atoms with E-state index in [-0.39, 0.29) is 0 Å². The van der Waals surface area contributed by atoms with Crippen molar-refractivity contribution in [2.45, 2.75) is 50.7 Å². The van der Waals surface area contributed by atoms with Crippen LogP contribution in [0.25, 0.3) is 0 Å². The van der Waals surface area contributed by atoms with Crippen LogP contribution in [0.3, 0.4) is 0 Å². The van der Waals surface area contributed by atoms with E-state index in [1.54, 1.807) is 7.11 Å². The van der Waals surface area contributed by atoms with E-state index in [1.165, 1.54) is 37.7 Å². The summed E-state index contributed by atoms with van der Waals surface area (Å²) in [5.74, 6) is 1.78. The third-order valence-corrected chi connectivity index (χ3v) is 4.22. The molecule has 1 unspecified atom stereocenters. The third-order valence-electron chi connectivity index (χ3n) is 4.22. The molecule has 3 nitrogen and oxygen atoms in total. The number of benzene rings is 1. The maximum absolute atomic E-state index is 6.03. The molecule has 1 saturated carbocycles. The van der Waals surface area contributed by atoms with Gasteiger partial charge in [0, 0.05) is 6.04 Å². The van der Waals surface area contributed by atoms with Crippen LogP contribution in [0.2, 0.25) is 0 Å². The van der Waals surface area contributed by atoms with Crippen LogP contribution in [0.1, 0.15) is 37.7 Å². The molecule has 0 amide bonds. The Kier molecular flexibility index (Phi) is 3.92. The van der Waals surface area contributed by atoms with Gasteiger partial charge >= 0.3 is 0 Å². The largest absolute Gasteiger partial charge is 0.493 e. The van der Waals surface area contributed by atoms with Crippen LogP contribution in [0.5, 0.6) is 11.5 Å². The fourth-order valence-electron chi connectivity index (χ4n) is 2.82. The van der Waals surface area contributed by atoms with Crippen molar-refractivity contribution < 1.29 is 9.47 Å². The van der Waals surface area contributed by atoms with Crippen LogP contribution in [0, 0.1) is 0 Å². The molecule has 1 aliphatic heterocycles. The number of hydrogen-bond acceptors (Lipinski definition) is 3. The Morgan fingerprint density at radius 1 is 1.16 bits per heavy atom. The molecule has 3 heteroatoms. The highest BCUT2D eigenvalue weighted by Gasteiger charge is 2.21. The first-order chi connectivity index (χ1) is 9.35. The Labute approximate surface area is 115 Å². The summed E-state index contributed by atoms with van der Waals surface area (Å²) in [6, 6.07) is 6.99. The van der Waals surface area contributed by atoms with E-state index in [4.69, 9.17) is 9.47 Å². The van der Waals surface area contributed by atoms with Crippen molar-refractivity contribution in [3.8, 4) is 11.5 Å². The third kappa shape index (κ3) is 3.03. The van der Waals surface area contributed by atoms with Crippen LogP contribution in [-0.2, 0) is 6.42 Å². The molecule has 19 heavy (non-hydrogen) atoms. The number of ether oxygens (including phenoxy) is 2. The summed E-state index contributed by atoms with van der Waals surface area (Å²) in [5.41, 5.74) is 1.34. The van der Waals surface area contributed by atoms with Gasteiger partial charge in [0.2, 0.25) is 0 Å². The Morgan fingerprint density at radius 3 is 2.68 bits per heavy atom. The lowest BCUT2D eigenvalue weighted by Gasteiger charge is -2.27. The summed E-state index contributed by atoms with van der Waals surface area (Å²) in [7, 11) is 1.71. The topological polar surface area (TPSA) is 30.5 Å². The number of hydrogen-bond donors (Lipinski definition) is 1. The van der Waals surface area contributed by atoms with Gasteiger partial charge in [-0.25, -0.2) is 0 Å². The van der Waals surface area contributed by atoms with Crippen LogP contribution in [-0.4, -0.2) is 25.8 Å². The summed E-state index contributed by atoms with van der Waals surface area (Å²) in [4.78, 5) is 0. The van der Waals surface area contributed by atoms with E-state index in [1.807, 2.05) is 6.07 Å². The summed E-state index contributed by atoms with van der Waals surface area (Å²) >= 11 is 0. The van der Waals surface area contributed by atoms with Gasteiger partial charge in [-0.3, -0.25) is 0 Å². The van der Waals surface area contributed by atoms with Crippen molar-refractivity contribution in [1.82, 2.24) is 5.32 Å². The lowest BCUT2D eigenvalue weighted by Crippen LogP contribution is -2.25. The summed E-state index contributed by atoms with van der Waals surface area (Å²) in [5, 5.41) is 3.54. The minimum atomic E-state index is 0.397. The van der Waals surface area contributed by atoms with E-state index >= 15 is 0 Å². The zero-order valence-electron chi connectivity index (χ0n) is 11.7. The minimum Gasteiger partial charge on any atom is -0.493 e. The van der Waals surface area contributed by atoms with E-state index in [2.05, 4.69) is 17.4 Å². The van der Waals surface area contributed by atoms with E-state index in [0.717, 1.165) is 24.5 Å². The van der Waals surface area contributed by atoms with Gasteiger partial charge in [-0.2, -0.15) is 0 Å². The molecule has 3 rings (SSSR count). The zero-order chi connectivity index (χ0) is 13.1. The molecule has 1 aliphatic carbocycles. The second-order valence-electron chi connectivity index (χ2n) is 5.65. The molecule has 1 aromatic carbocycles. The fourth-order valence-corrected chi connectivity index (χ4v) is 2.82. The molecule has 2 fully saturated rings. The molecule has 1 N–H and O–H groups in total.